The molecule has 130 valence electrons. The van der Waals surface area contributed by atoms with E-state index in [1.165, 1.54) is 12.1 Å². The van der Waals surface area contributed by atoms with Crippen LogP contribution in [0.4, 0.5) is 10.1 Å². The van der Waals surface area contributed by atoms with E-state index < -0.39 is 0 Å². The molecule has 1 N–H and O–H groups in total. The van der Waals surface area contributed by atoms with Crippen molar-refractivity contribution in [3.63, 3.8) is 0 Å². The standard InChI is InChI=1S/C17H21FN4O.HI/c1-19-17(20-13-16-3-2-12-23-16)22-10-8-21(9-11-22)15-6-4-14(18)5-7-15;/h2-7,12H,8-11,13H2,1H3,(H,19,20);1H. The third-order valence-electron chi connectivity index (χ3n) is 3.98. The molecule has 0 atom stereocenters. The number of hydrogen-bond donors (Lipinski definition) is 1. The Morgan fingerprint density at radius 3 is 2.46 bits per heavy atom. The number of hydrogen-bond acceptors (Lipinski definition) is 3. The lowest BCUT2D eigenvalue weighted by molar-refractivity contribution is 0.369. The van der Waals surface area contributed by atoms with Crippen LogP contribution in [0.15, 0.2) is 52.1 Å². The van der Waals surface area contributed by atoms with Crippen LogP contribution >= 0.6 is 24.0 Å². The largest absolute Gasteiger partial charge is 0.467 e. The molecule has 0 aliphatic carbocycles. The molecule has 1 aliphatic rings. The zero-order valence-electron chi connectivity index (χ0n) is 13.6. The fraction of sp³-hybridized carbons (Fsp3) is 0.353. The number of aliphatic imine (C=N–C) groups is 1. The van der Waals surface area contributed by atoms with Crippen molar-refractivity contribution in [2.24, 2.45) is 4.99 Å². The molecule has 0 bridgehead atoms. The predicted molar refractivity (Wildman–Crippen MR) is 105 cm³/mol. The monoisotopic (exact) mass is 444 g/mol. The number of piperazine rings is 1. The van der Waals surface area contributed by atoms with Gasteiger partial charge in [0.2, 0.25) is 0 Å². The highest BCUT2D eigenvalue weighted by Crippen LogP contribution is 2.17. The maximum Gasteiger partial charge on any atom is 0.194 e. The molecule has 1 aromatic carbocycles. The number of guanidine groups is 1. The Morgan fingerprint density at radius 1 is 1.17 bits per heavy atom. The average Bonchev–Trinajstić information content (AvgIpc) is 3.10. The molecule has 2 aromatic rings. The van der Waals surface area contributed by atoms with Crippen molar-refractivity contribution in [3.05, 3.63) is 54.2 Å². The normalized spacial score (nSPS) is 15.2. The minimum atomic E-state index is -0.199. The van der Waals surface area contributed by atoms with E-state index in [9.17, 15) is 4.39 Å². The Hall–Kier alpha value is -1.77. The maximum atomic E-state index is 13.0. The lowest BCUT2D eigenvalue weighted by Crippen LogP contribution is -2.52. The van der Waals surface area contributed by atoms with Crippen molar-refractivity contribution in [3.8, 4) is 0 Å². The molecule has 24 heavy (non-hydrogen) atoms. The summed E-state index contributed by atoms with van der Waals surface area (Å²) in [6.45, 7) is 4.13. The van der Waals surface area contributed by atoms with Crippen molar-refractivity contribution in [1.29, 1.82) is 0 Å². The summed E-state index contributed by atoms with van der Waals surface area (Å²) in [4.78, 5) is 8.83. The molecule has 0 amide bonds. The first-order valence-electron chi connectivity index (χ1n) is 7.75. The minimum Gasteiger partial charge on any atom is -0.467 e. The number of furan rings is 1. The number of benzene rings is 1. The lowest BCUT2D eigenvalue weighted by atomic mass is 10.2. The minimum absolute atomic E-state index is 0. The number of anilines is 1. The maximum absolute atomic E-state index is 13.0. The second-order valence-corrected chi connectivity index (χ2v) is 5.43. The van der Waals surface area contributed by atoms with Gasteiger partial charge < -0.3 is 19.5 Å². The first-order chi connectivity index (χ1) is 11.3. The Bertz CT molecular complexity index is 637. The van der Waals surface area contributed by atoms with Crippen LogP contribution in [0.25, 0.3) is 0 Å². The van der Waals surface area contributed by atoms with Crippen LogP contribution in [0.2, 0.25) is 0 Å². The summed E-state index contributed by atoms with van der Waals surface area (Å²) < 4.78 is 18.3. The molecule has 0 spiro atoms. The van der Waals surface area contributed by atoms with Crippen LogP contribution in [0.1, 0.15) is 5.76 Å². The summed E-state index contributed by atoms with van der Waals surface area (Å²) in [7, 11) is 1.79. The summed E-state index contributed by atoms with van der Waals surface area (Å²) in [6.07, 6.45) is 1.67. The summed E-state index contributed by atoms with van der Waals surface area (Å²) >= 11 is 0. The second-order valence-electron chi connectivity index (χ2n) is 5.43. The molecular formula is C17H22FIN4O. The summed E-state index contributed by atoms with van der Waals surface area (Å²) in [5.74, 6) is 1.56. The van der Waals surface area contributed by atoms with E-state index in [2.05, 4.69) is 20.1 Å². The molecule has 0 unspecified atom stereocenters. The van der Waals surface area contributed by atoms with Gasteiger partial charge in [-0.1, -0.05) is 0 Å². The molecule has 7 heteroatoms. The molecule has 5 nitrogen and oxygen atoms in total. The Balaban J connectivity index is 0.00000208. The van der Waals surface area contributed by atoms with Crippen LogP contribution in [-0.4, -0.2) is 44.1 Å². The van der Waals surface area contributed by atoms with Gasteiger partial charge in [0.05, 0.1) is 12.8 Å². The highest BCUT2D eigenvalue weighted by molar-refractivity contribution is 14.0. The smallest absolute Gasteiger partial charge is 0.194 e. The third-order valence-corrected chi connectivity index (χ3v) is 3.98. The number of halogens is 2. The highest BCUT2D eigenvalue weighted by Gasteiger charge is 2.19. The van der Waals surface area contributed by atoms with E-state index in [-0.39, 0.29) is 29.8 Å². The van der Waals surface area contributed by atoms with E-state index >= 15 is 0 Å². The fourth-order valence-electron chi connectivity index (χ4n) is 2.74. The van der Waals surface area contributed by atoms with Gasteiger partial charge in [0, 0.05) is 38.9 Å². The molecular weight excluding hydrogens is 422 g/mol. The van der Waals surface area contributed by atoms with Gasteiger partial charge in [-0.3, -0.25) is 4.99 Å². The molecule has 1 fully saturated rings. The van der Waals surface area contributed by atoms with Crippen molar-refractivity contribution in [2.45, 2.75) is 6.54 Å². The van der Waals surface area contributed by atoms with E-state index in [4.69, 9.17) is 4.42 Å². The van der Waals surface area contributed by atoms with Crippen LogP contribution in [0.5, 0.6) is 0 Å². The number of nitrogens with zero attached hydrogens (tertiary/aromatic N) is 3. The number of nitrogens with one attached hydrogen (secondary N) is 1. The lowest BCUT2D eigenvalue weighted by Gasteiger charge is -2.37. The first kappa shape index (κ1) is 18.6. The quantitative estimate of drug-likeness (QED) is 0.450. The van der Waals surface area contributed by atoms with Crippen molar-refractivity contribution in [2.75, 3.05) is 38.1 Å². The van der Waals surface area contributed by atoms with Crippen LogP contribution in [0.3, 0.4) is 0 Å². The summed E-state index contributed by atoms with van der Waals surface area (Å²) in [5, 5.41) is 3.32. The van der Waals surface area contributed by atoms with Gasteiger partial charge in [-0.2, -0.15) is 0 Å². The molecule has 2 heterocycles. The van der Waals surface area contributed by atoms with E-state index in [1.807, 2.05) is 24.3 Å². The molecule has 1 saturated heterocycles. The van der Waals surface area contributed by atoms with Crippen molar-refractivity contribution < 1.29 is 8.81 Å². The topological polar surface area (TPSA) is 44.0 Å². The predicted octanol–water partition coefficient (Wildman–Crippen LogP) is 2.93. The Morgan fingerprint density at radius 2 is 1.88 bits per heavy atom. The molecule has 1 aromatic heterocycles. The highest BCUT2D eigenvalue weighted by atomic mass is 127. The van der Waals surface area contributed by atoms with Gasteiger partial charge >= 0.3 is 0 Å². The van der Waals surface area contributed by atoms with Gasteiger partial charge in [-0.15, -0.1) is 24.0 Å². The molecule has 0 saturated carbocycles. The summed E-state index contributed by atoms with van der Waals surface area (Å²) in [6, 6.07) is 10.5. The summed E-state index contributed by atoms with van der Waals surface area (Å²) in [5.41, 5.74) is 1.06. The molecule has 3 rings (SSSR count). The van der Waals surface area contributed by atoms with Crippen LogP contribution in [-0.2, 0) is 6.54 Å². The number of rotatable bonds is 3. The van der Waals surface area contributed by atoms with Crippen LogP contribution < -0.4 is 10.2 Å². The van der Waals surface area contributed by atoms with Gasteiger partial charge in [0.1, 0.15) is 11.6 Å². The van der Waals surface area contributed by atoms with Crippen LogP contribution in [0, 0.1) is 5.82 Å². The van der Waals surface area contributed by atoms with Crippen molar-refractivity contribution in [1.82, 2.24) is 10.2 Å². The SMILES string of the molecule is CN=C(NCc1ccco1)N1CCN(c2ccc(F)cc2)CC1.I. The second kappa shape index (κ2) is 8.91. The molecule has 1 aliphatic heterocycles. The van der Waals surface area contributed by atoms with E-state index in [0.717, 1.165) is 43.6 Å². The Labute approximate surface area is 158 Å². The third kappa shape index (κ3) is 4.62. The zero-order valence-corrected chi connectivity index (χ0v) is 15.9. The van der Waals surface area contributed by atoms with Gasteiger partial charge in [-0.25, -0.2) is 4.39 Å². The van der Waals surface area contributed by atoms with E-state index in [0.29, 0.717) is 6.54 Å². The molecule has 0 radical (unpaired) electrons. The van der Waals surface area contributed by atoms with Crippen molar-refractivity contribution >= 4 is 35.6 Å². The van der Waals surface area contributed by atoms with E-state index in [1.54, 1.807) is 13.3 Å². The van der Waals surface area contributed by atoms with Gasteiger partial charge in [0.15, 0.2) is 5.96 Å². The first-order valence-corrected chi connectivity index (χ1v) is 7.75. The van der Waals surface area contributed by atoms with Gasteiger partial charge in [0.25, 0.3) is 0 Å². The Kier molecular flexibility index (Phi) is 6.89. The average molecular weight is 444 g/mol. The zero-order chi connectivity index (χ0) is 16.1. The van der Waals surface area contributed by atoms with Gasteiger partial charge in [-0.05, 0) is 36.4 Å². The fourth-order valence-corrected chi connectivity index (χ4v) is 2.74.